The largest absolute Gasteiger partial charge is 0.495 e. The highest BCUT2D eigenvalue weighted by Crippen LogP contribution is 2.28. The minimum atomic E-state index is -3.99. The van der Waals surface area contributed by atoms with Crippen LogP contribution in [0.25, 0.3) is 0 Å². The standard InChI is InChI=1S/C22H26N4O4S2/c1-5-15-6-9-17(10-7-15)26-32(28,29)19-13-16(8-11-18(19)30-4)21(27)23-22-25-24-20(31-22)12-14(2)3/h6-11,13-14,26H,5,12H2,1-4H3,(H,23,25,27). The van der Waals surface area contributed by atoms with E-state index in [2.05, 4.69) is 34.1 Å². The third-order valence-electron chi connectivity index (χ3n) is 4.60. The van der Waals surface area contributed by atoms with Crippen LogP contribution in [0.4, 0.5) is 10.8 Å². The molecule has 2 N–H and O–H groups in total. The summed E-state index contributed by atoms with van der Waals surface area (Å²) in [5, 5.41) is 11.9. The summed E-state index contributed by atoms with van der Waals surface area (Å²) >= 11 is 1.30. The molecule has 10 heteroatoms. The van der Waals surface area contributed by atoms with Gasteiger partial charge in [0.2, 0.25) is 5.13 Å². The Bertz CT molecular complexity index is 1190. The maximum atomic E-state index is 13.0. The zero-order chi connectivity index (χ0) is 23.3. The molecule has 0 saturated carbocycles. The summed E-state index contributed by atoms with van der Waals surface area (Å²) in [5.74, 6) is 0.0737. The number of aromatic nitrogens is 2. The summed E-state index contributed by atoms with van der Waals surface area (Å²) in [7, 11) is -2.62. The number of nitrogens with one attached hydrogen (secondary N) is 2. The molecule has 170 valence electrons. The molecule has 32 heavy (non-hydrogen) atoms. The fourth-order valence-electron chi connectivity index (χ4n) is 2.95. The van der Waals surface area contributed by atoms with Crippen molar-refractivity contribution in [3.05, 3.63) is 58.6 Å². The summed E-state index contributed by atoms with van der Waals surface area (Å²) in [6, 6.07) is 11.3. The van der Waals surface area contributed by atoms with E-state index in [1.807, 2.05) is 19.1 Å². The number of carbonyl (C=O) groups excluding carboxylic acids is 1. The van der Waals surface area contributed by atoms with E-state index in [9.17, 15) is 13.2 Å². The first-order chi connectivity index (χ1) is 15.2. The number of sulfonamides is 1. The topological polar surface area (TPSA) is 110 Å². The first kappa shape index (κ1) is 23.7. The van der Waals surface area contributed by atoms with E-state index in [1.54, 1.807) is 12.1 Å². The minimum absolute atomic E-state index is 0.134. The van der Waals surface area contributed by atoms with Gasteiger partial charge in [0.25, 0.3) is 15.9 Å². The molecule has 8 nitrogen and oxygen atoms in total. The van der Waals surface area contributed by atoms with Crippen LogP contribution in [-0.4, -0.2) is 31.6 Å². The SMILES string of the molecule is CCc1ccc(NS(=O)(=O)c2cc(C(=O)Nc3nnc(CC(C)C)s3)ccc2OC)cc1. The zero-order valence-corrected chi connectivity index (χ0v) is 20.0. The van der Waals surface area contributed by atoms with Crippen molar-refractivity contribution in [2.45, 2.75) is 38.5 Å². The number of nitrogens with zero attached hydrogens (tertiary/aromatic N) is 2. The molecule has 1 amide bonds. The van der Waals surface area contributed by atoms with E-state index in [0.29, 0.717) is 16.7 Å². The van der Waals surface area contributed by atoms with Crippen LogP contribution >= 0.6 is 11.3 Å². The molecule has 1 aromatic heterocycles. The first-order valence-corrected chi connectivity index (χ1v) is 12.4. The maximum absolute atomic E-state index is 13.0. The second-order valence-electron chi connectivity index (χ2n) is 7.57. The van der Waals surface area contributed by atoms with Crippen molar-refractivity contribution in [1.29, 1.82) is 0 Å². The van der Waals surface area contributed by atoms with E-state index >= 15 is 0 Å². The van der Waals surface area contributed by atoms with Gasteiger partial charge in [-0.25, -0.2) is 8.42 Å². The Kier molecular flexibility index (Phi) is 7.47. The van der Waals surface area contributed by atoms with Crippen LogP contribution in [0.15, 0.2) is 47.4 Å². The van der Waals surface area contributed by atoms with E-state index < -0.39 is 15.9 Å². The van der Waals surface area contributed by atoms with Gasteiger partial charge in [-0.2, -0.15) is 0 Å². The Hall–Kier alpha value is -2.98. The summed E-state index contributed by atoms with van der Waals surface area (Å²) in [6.45, 7) is 6.17. The van der Waals surface area contributed by atoms with Gasteiger partial charge in [0.05, 0.1) is 7.11 Å². The first-order valence-electron chi connectivity index (χ1n) is 10.2. The number of ether oxygens (including phenoxy) is 1. The molecular weight excluding hydrogens is 448 g/mol. The van der Waals surface area contributed by atoms with Gasteiger partial charge in [-0.15, -0.1) is 10.2 Å². The number of methoxy groups -OCH3 is 1. The van der Waals surface area contributed by atoms with E-state index in [-0.39, 0.29) is 16.2 Å². The van der Waals surface area contributed by atoms with Gasteiger partial charge in [-0.1, -0.05) is 44.2 Å². The highest BCUT2D eigenvalue weighted by atomic mass is 32.2. The number of amides is 1. The molecule has 3 aromatic rings. The number of hydrogen-bond acceptors (Lipinski definition) is 7. The lowest BCUT2D eigenvalue weighted by atomic mass is 10.1. The predicted octanol–water partition coefficient (Wildman–Crippen LogP) is 4.36. The normalized spacial score (nSPS) is 11.4. The molecule has 0 bridgehead atoms. The number of hydrogen-bond donors (Lipinski definition) is 2. The second-order valence-corrected chi connectivity index (χ2v) is 10.3. The molecule has 0 fully saturated rings. The molecule has 0 radical (unpaired) electrons. The summed E-state index contributed by atoms with van der Waals surface area (Å²) in [4.78, 5) is 12.6. The average molecular weight is 475 g/mol. The van der Waals surface area contributed by atoms with Crippen molar-refractivity contribution in [2.24, 2.45) is 5.92 Å². The third kappa shape index (κ3) is 5.83. The molecule has 0 atom stereocenters. The Balaban J connectivity index is 1.83. The minimum Gasteiger partial charge on any atom is -0.495 e. The molecule has 3 rings (SSSR count). The van der Waals surface area contributed by atoms with Gasteiger partial charge in [0, 0.05) is 17.7 Å². The van der Waals surface area contributed by atoms with Gasteiger partial charge in [0.15, 0.2) is 0 Å². The van der Waals surface area contributed by atoms with E-state index in [0.717, 1.165) is 23.4 Å². The van der Waals surface area contributed by atoms with E-state index in [4.69, 9.17) is 4.74 Å². The average Bonchev–Trinajstić information content (AvgIpc) is 3.19. The predicted molar refractivity (Wildman–Crippen MR) is 126 cm³/mol. The van der Waals surface area contributed by atoms with Crippen LogP contribution < -0.4 is 14.8 Å². The lowest BCUT2D eigenvalue weighted by Gasteiger charge is -2.13. The smallest absolute Gasteiger partial charge is 0.265 e. The van der Waals surface area contributed by atoms with Crippen molar-refractivity contribution in [3.63, 3.8) is 0 Å². The summed E-state index contributed by atoms with van der Waals surface area (Å²) in [5.41, 5.74) is 1.68. The maximum Gasteiger partial charge on any atom is 0.265 e. The Morgan fingerprint density at radius 3 is 2.47 bits per heavy atom. The number of anilines is 2. The van der Waals surface area contributed by atoms with Crippen LogP contribution in [0.2, 0.25) is 0 Å². The number of benzene rings is 2. The van der Waals surface area contributed by atoms with Crippen LogP contribution in [0.1, 0.15) is 41.7 Å². The molecule has 2 aromatic carbocycles. The van der Waals surface area contributed by atoms with Gasteiger partial charge >= 0.3 is 0 Å². The summed E-state index contributed by atoms with van der Waals surface area (Å²) in [6.07, 6.45) is 1.62. The van der Waals surface area contributed by atoms with Crippen LogP contribution in [0, 0.1) is 5.92 Å². The van der Waals surface area contributed by atoms with Gasteiger partial charge < -0.3 is 4.74 Å². The van der Waals surface area contributed by atoms with E-state index in [1.165, 1.54) is 36.6 Å². The quantitative estimate of drug-likeness (QED) is 0.477. The molecule has 0 aliphatic rings. The molecular formula is C22H26N4O4S2. The fraction of sp³-hybridized carbons (Fsp3) is 0.318. The van der Waals surface area contributed by atoms with Crippen LogP contribution in [0.5, 0.6) is 5.75 Å². The molecule has 0 saturated heterocycles. The van der Waals surface area contributed by atoms with Crippen molar-refractivity contribution in [3.8, 4) is 5.75 Å². The molecule has 0 aliphatic carbocycles. The van der Waals surface area contributed by atoms with Gasteiger partial charge in [-0.05, 0) is 48.2 Å². The van der Waals surface area contributed by atoms with Crippen molar-refractivity contribution in [1.82, 2.24) is 10.2 Å². The Labute approximate surface area is 192 Å². The third-order valence-corrected chi connectivity index (χ3v) is 6.86. The lowest BCUT2D eigenvalue weighted by molar-refractivity contribution is 0.102. The number of carbonyl (C=O) groups is 1. The van der Waals surface area contributed by atoms with Crippen molar-refractivity contribution < 1.29 is 17.9 Å². The van der Waals surface area contributed by atoms with Gasteiger partial charge in [0.1, 0.15) is 15.7 Å². The highest BCUT2D eigenvalue weighted by Gasteiger charge is 2.22. The fourth-order valence-corrected chi connectivity index (χ4v) is 5.15. The van der Waals surface area contributed by atoms with Gasteiger partial charge in [-0.3, -0.25) is 14.8 Å². The lowest BCUT2D eigenvalue weighted by Crippen LogP contribution is -2.17. The molecule has 0 spiro atoms. The Morgan fingerprint density at radius 2 is 1.84 bits per heavy atom. The monoisotopic (exact) mass is 474 g/mol. The highest BCUT2D eigenvalue weighted by molar-refractivity contribution is 7.92. The Morgan fingerprint density at radius 1 is 1.12 bits per heavy atom. The van der Waals surface area contributed by atoms with Crippen LogP contribution in [0.3, 0.4) is 0 Å². The van der Waals surface area contributed by atoms with Crippen molar-refractivity contribution in [2.75, 3.05) is 17.1 Å². The second kappa shape index (κ2) is 10.1. The molecule has 0 unspecified atom stereocenters. The zero-order valence-electron chi connectivity index (χ0n) is 18.4. The number of aryl methyl sites for hydroxylation is 1. The van der Waals surface area contributed by atoms with Crippen molar-refractivity contribution >= 4 is 38.1 Å². The number of rotatable bonds is 9. The van der Waals surface area contributed by atoms with Crippen LogP contribution in [-0.2, 0) is 22.9 Å². The molecule has 1 heterocycles. The summed E-state index contributed by atoms with van der Waals surface area (Å²) < 4.78 is 33.8. The molecule has 0 aliphatic heterocycles.